The van der Waals surface area contributed by atoms with Gasteiger partial charge in [-0.15, -0.1) is 11.3 Å². The van der Waals surface area contributed by atoms with Crippen molar-refractivity contribution < 1.29 is 4.79 Å². The Balaban J connectivity index is 2.65. The van der Waals surface area contributed by atoms with E-state index < -0.39 is 11.9 Å². The quantitative estimate of drug-likeness (QED) is 0.332. The summed E-state index contributed by atoms with van der Waals surface area (Å²) in [5, 5.41) is 6.29. The molecule has 86 valence electrons. The van der Waals surface area contributed by atoms with Gasteiger partial charge in [-0.1, -0.05) is 5.11 Å². The van der Waals surface area contributed by atoms with Crippen LogP contribution in [0.4, 0.5) is 0 Å². The SMILES string of the molecule is Cc1ncsc1C(NCCN=[N+]=[N-])C(N)=O. The van der Waals surface area contributed by atoms with Gasteiger partial charge < -0.3 is 11.1 Å². The molecule has 1 rings (SSSR count). The van der Waals surface area contributed by atoms with Gasteiger partial charge in [0.1, 0.15) is 6.04 Å². The summed E-state index contributed by atoms with van der Waals surface area (Å²) < 4.78 is 0. The van der Waals surface area contributed by atoms with Gasteiger partial charge in [-0.2, -0.15) is 0 Å². The molecule has 1 aromatic rings. The number of aromatic nitrogens is 1. The lowest BCUT2D eigenvalue weighted by molar-refractivity contribution is -0.120. The van der Waals surface area contributed by atoms with E-state index in [4.69, 9.17) is 11.3 Å². The second-order valence-electron chi connectivity index (χ2n) is 3.05. The lowest BCUT2D eigenvalue weighted by Gasteiger charge is -2.13. The van der Waals surface area contributed by atoms with Crippen molar-refractivity contribution in [2.24, 2.45) is 10.8 Å². The Hall–Kier alpha value is -1.63. The molecule has 1 unspecified atom stereocenters. The molecule has 0 saturated heterocycles. The summed E-state index contributed by atoms with van der Waals surface area (Å²) in [6.07, 6.45) is 0. The van der Waals surface area contributed by atoms with Gasteiger partial charge >= 0.3 is 0 Å². The molecule has 16 heavy (non-hydrogen) atoms. The highest BCUT2D eigenvalue weighted by Gasteiger charge is 2.20. The summed E-state index contributed by atoms with van der Waals surface area (Å²) in [4.78, 5) is 18.7. The zero-order chi connectivity index (χ0) is 12.0. The van der Waals surface area contributed by atoms with Crippen molar-refractivity contribution in [2.45, 2.75) is 13.0 Å². The highest BCUT2D eigenvalue weighted by atomic mass is 32.1. The number of nitrogens with zero attached hydrogens (tertiary/aromatic N) is 4. The number of thiazole rings is 1. The third-order valence-corrected chi connectivity index (χ3v) is 2.95. The van der Waals surface area contributed by atoms with E-state index in [1.165, 1.54) is 11.3 Å². The van der Waals surface area contributed by atoms with Crippen LogP contribution >= 0.6 is 11.3 Å². The van der Waals surface area contributed by atoms with Crippen LogP contribution in [0.15, 0.2) is 10.6 Å². The number of azide groups is 1. The average Bonchev–Trinajstić information content (AvgIpc) is 2.64. The average molecular weight is 240 g/mol. The zero-order valence-corrected chi connectivity index (χ0v) is 9.57. The van der Waals surface area contributed by atoms with Gasteiger partial charge in [0.25, 0.3) is 0 Å². The number of nitrogens with two attached hydrogens (primary N) is 1. The lowest BCUT2D eigenvalue weighted by atomic mass is 10.2. The third-order valence-electron chi connectivity index (χ3n) is 1.95. The fourth-order valence-corrected chi connectivity index (χ4v) is 2.10. The molecular formula is C8H12N6OS. The molecule has 0 saturated carbocycles. The van der Waals surface area contributed by atoms with E-state index in [0.29, 0.717) is 6.54 Å². The summed E-state index contributed by atoms with van der Waals surface area (Å²) in [6, 6.07) is -0.568. The molecule has 0 fully saturated rings. The number of amides is 1. The number of aryl methyl sites for hydroxylation is 1. The number of hydrogen-bond acceptors (Lipinski definition) is 5. The largest absolute Gasteiger partial charge is 0.368 e. The van der Waals surface area contributed by atoms with Gasteiger partial charge in [0, 0.05) is 18.0 Å². The van der Waals surface area contributed by atoms with Crippen LogP contribution in [-0.4, -0.2) is 24.0 Å². The highest BCUT2D eigenvalue weighted by molar-refractivity contribution is 7.10. The van der Waals surface area contributed by atoms with E-state index in [0.717, 1.165) is 10.6 Å². The smallest absolute Gasteiger partial charge is 0.240 e. The Labute approximate surface area is 96.3 Å². The molecule has 1 aromatic heterocycles. The van der Waals surface area contributed by atoms with Crippen LogP contribution in [0.25, 0.3) is 10.4 Å². The Morgan fingerprint density at radius 1 is 1.88 bits per heavy atom. The molecule has 0 radical (unpaired) electrons. The van der Waals surface area contributed by atoms with E-state index in [2.05, 4.69) is 20.3 Å². The molecule has 0 aliphatic carbocycles. The molecule has 7 nitrogen and oxygen atoms in total. The minimum absolute atomic E-state index is 0.276. The Morgan fingerprint density at radius 3 is 3.12 bits per heavy atom. The van der Waals surface area contributed by atoms with Crippen molar-refractivity contribution in [3.05, 3.63) is 26.5 Å². The highest BCUT2D eigenvalue weighted by Crippen LogP contribution is 2.21. The second kappa shape index (κ2) is 6.06. The summed E-state index contributed by atoms with van der Waals surface area (Å²) in [5.41, 5.74) is 15.8. The number of rotatable bonds is 6. The maximum atomic E-state index is 11.2. The minimum atomic E-state index is -0.568. The number of carbonyl (C=O) groups is 1. The van der Waals surface area contributed by atoms with Crippen molar-refractivity contribution in [2.75, 3.05) is 13.1 Å². The van der Waals surface area contributed by atoms with Crippen molar-refractivity contribution in [3.8, 4) is 0 Å². The van der Waals surface area contributed by atoms with Crippen molar-refractivity contribution in [1.82, 2.24) is 10.3 Å². The zero-order valence-electron chi connectivity index (χ0n) is 8.75. The molecule has 0 aliphatic rings. The van der Waals surface area contributed by atoms with Crippen LogP contribution in [0.3, 0.4) is 0 Å². The number of primary amides is 1. The summed E-state index contributed by atoms with van der Waals surface area (Å²) in [5.74, 6) is -0.465. The number of hydrogen-bond donors (Lipinski definition) is 2. The fourth-order valence-electron chi connectivity index (χ4n) is 1.21. The Bertz CT molecular complexity index is 410. The Morgan fingerprint density at radius 2 is 2.62 bits per heavy atom. The summed E-state index contributed by atoms with van der Waals surface area (Å²) in [7, 11) is 0. The summed E-state index contributed by atoms with van der Waals surface area (Å²) >= 11 is 1.37. The first-order valence-corrected chi connectivity index (χ1v) is 5.48. The number of carbonyl (C=O) groups excluding carboxylic acids is 1. The molecule has 1 atom stereocenters. The predicted molar refractivity (Wildman–Crippen MR) is 60.8 cm³/mol. The van der Waals surface area contributed by atoms with Crippen molar-refractivity contribution in [3.63, 3.8) is 0 Å². The van der Waals surface area contributed by atoms with E-state index in [1.54, 1.807) is 5.51 Å². The van der Waals surface area contributed by atoms with Crippen LogP contribution < -0.4 is 11.1 Å². The van der Waals surface area contributed by atoms with Crippen molar-refractivity contribution in [1.29, 1.82) is 0 Å². The van der Waals surface area contributed by atoms with E-state index in [9.17, 15) is 4.79 Å². The van der Waals surface area contributed by atoms with Gasteiger partial charge in [-0.05, 0) is 12.5 Å². The molecule has 0 spiro atoms. The van der Waals surface area contributed by atoms with Crippen LogP contribution in [0.5, 0.6) is 0 Å². The van der Waals surface area contributed by atoms with E-state index >= 15 is 0 Å². The molecule has 1 heterocycles. The van der Waals surface area contributed by atoms with Crippen LogP contribution in [-0.2, 0) is 4.79 Å². The van der Waals surface area contributed by atoms with Crippen LogP contribution in [0.2, 0.25) is 0 Å². The molecule has 1 amide bonds. The molecule has 8 heteroatoms. The minimum Gasteiger partial charge on any atom is -0.368 e. The van der Waals surface area contributed by atoms with Gasteiger partial charge in [0.05, 0.1) is 16.1 Å². The molecule has 0 bridgehead atoms. The monoisotopic (exact) mass is 240 g/mol. The molecule has 3 N–H and O–H groups in total. The van der Waals surface area contributed by atoms with E-state index in [-0.39, 0.29) is 6.54 Å². The van der Waals surface area contributed by atoms with Crippen LogP contribution in [0, 0.1) is 6.92 Å². The maximum Gasteiger partial charge on any atom is 0.240 e. The van der Waals surface area contributed by atoms with Gasteiger partial charge in [-0.25, -0.2) is 4.98 Å². The second-order valence-corrected chi connectivity index (χ2v) is 3.93. The normalized spacial score (nSPS) is 11.8. The first-order chi connectivity index (χ1) is 7.66. The molecule has 0 aliphatic heterocycles. The standard InChI is InChI=1S/C8H12N6OS/c1-5-7(16-4-12-5)6(8(9)15)11-2-3-13-14-10/h4,6,11H,2-3H2,1H3,(H2,9,15). The molecular weight excluding hydrogens is 228 g/mol. The van der Waals surface area contributed by atoms with Gasteiger partial charge in [0.2, 0.25) is 5.91 Å². The molecule has 0 aromatic carbocycles. The topological polar surface area (TPSA) is 117 Å². The van der Waals surface area contributed by atoms with Crippen molar-refractivity contribution >= 4 is 17.2 Å². The first kappa shape index (κ1) is 12.4. The lowest BCUT2D eigenvalue weighted by Crippen LogP contribution is -2.34. The predicted octanol–water partition coefficient (Wildman–Crippen LogP) is 0.878. The summed E-state index contributed by atoms with van der Waals surface area (Å²) in [6.45, 7) is 2.49. The third kappa shape index (κ3) is 3.20. The van der Waals surface area contributed by atoms with Gasteiger partial charge in [-0.3, -0.25) is 4.79 Å². The fraction of sp³-hybridized carbons (Fsp3) is 0.500. The first-order valence-electron chi connectivity index (χ1n) is 4.60. The Kier molecular flexibility index (Phi) is 4.71. The van der Waals surface area contributed by atoms with Crippen LogP contribution in [0.1, 0.15) is 16.6 Å². The number of nitrogens with one attached hydrogen (secondary N) is 1. The van der Waals surface area contributed by atoms with E-state index in [1.807, 2.05) is 6.92 Å². The maximum absolute atomic E-state index is 11.2. The van der Waals surface area contributed by atoms with Gasteiger partial charge in [0.15, 0.2) is 0 Å².